The van der Waals surface area contributed by atoms with E-state index in [1.54, 1.807) is 12.1 Å². The first-order chi connectivity index (χ1) is 11.3. The van der Waals surface area contributed by atoms with Crippen LogP contribution in [0, 0.1) is 0 Å². The lowest BCUT2D eigenvalue weighted by molar-refractivity contribution is -0.173. The van der Waals surface area contributed by atoms with Gasteiger partial charge in [0.2, 0.25) is 0 Å². The Labute approximate surface area is 149 Å². The van der Waals surface area contributed by atoms with E-state index in [2.05, 4.69) is 0 Å². The molecular formula is C15H18Cl2N2O5. The van der Waals surface area contributed by atoms with Crippen molar-refractivity contribution in [3.05, 3.63) is 27.7 Å². The average Bonchev–Trinajstić information content (AvgIpc) is 3.00. The lowest BCUT2D eigenvalue weighted by atomic mass is 9.95. The molecule has 0 unspecified atom stereocenters. The SMILES string of the molecule is COc1ccc(Cl)c(Cl)c1[C@H]1C[C@@H](C(=O)N(C)OC)N(C(=O)O)C1. The molecule has 1 aromatic rings. The summed E-state index contributed by atoms with van der Waals surface area (Å²) >= 11 is 12.4. The number of carbonyl (C=O) groups excluding carboxylic acids is 1. The highest BCUT2D eigenvalue weighted by Crippen LogP contribution is 2.43. The zero-order valence-corrected chi connectivity index (χ0v) is 15.0. The molecule has 0 bridgehead atoms. The molecule has 0 saturated carbocycles. The van der Waals surface area contributed by atoms with Gasteiger partial charge in [0.1, 0.15) is 11.8 Å². The van der Waals surface area contributed by atoms with E-state index in [-0.39, 0.29) is 18.9 Å². The molecule has 1 aliphatic heterocycles. The van der Waals surface area contributed by atoms with Crippen LogP contribution in [0.15, 0.2) is 12.1 Å². The Balaban J connectivity index is 2.40. The summed E-state index contributed by atoms with van der Waals surface area (Å²) < 4.78 is 5.32. The number of amides is 2. The van der Waals surface area contributed by atoms with Crippen LogP contribution in [0.3, 0.4) is 0 Å². The van der Waals surface area contributed by atoms with Crippen LogP contribution in [0.25, 0.3) is 0 Å². The predicted molar refractivity (Wildman–Crippen MR) is 88.7 cm³/mol. The first-order valence-corrected chi connectivity index (χ1v) is 7.90. The number of ether oxygens (including phenoxy) is 1. The van der Waals surface area contributed by atoms with Crippen LogP contribution < -0.4 is 4.74 Å². The summed E-state index contributed by atoms with van der Waals surface area (Å²) in [6.45, 7) is 0.111. The van der Waals surface area contributed by atoms with Gasteiger partial charge in [0.25, 0.3) is 5.91 Å². The quantitative estimate of drug-likeness (QED) is 0.817. The fourth-order valence-corrected chi connectivity index (χ4v) is 3.37. The fourth-order valence-electron chi connectivity index (χ4n) is 2.90. The summed E-state index contributed by atoms with van der Waals surface area (Å²) in [7, 11) is 4.27. The molecule has 1 saturated heterocycles. The van der Waals surface area contributed by atoms with Gasteiger partial charge >= 0.3 is 6.09 Å². The van der Waals surface area contributed by atoms with Crippen molar-refractivity contribution >= 4 is 35.2 Å². The largest absolute Gasteiger partial charge is 0.496 e. The highest BCUT2D eigenvalue weighted by atomic mass is 35.5. The van der Waals surface area contributed by atoms with Crippen LogP contribution in [0.2, 0.25) is 10.0 Å². The Morgan fingerprint density at radius 2 is 2.00 bits per heavy atom. The van der Waals surface area contributed by atoms with Crippen molar-refractivity contribution < 1.29 is 24.3 Å². The van der Waals surface area contributed by atoms with E-state index in [0.29, 0.717) is 21.4 Å². The van der Waals surface area contributed by atoms with E-state index in [1.807, 2.05) is 0 Å². The second-order valence-corrected chi connectivity index (χ2v) is 6.16. The third-order valence-corrected chi connectivity index (χ3v) is 4.96. The minimum atomic E-state index is -1.18. The van der Waals surface area contributed by atoms with Gasteiger partial charge in [-0.15, -0.1) is 0 Å². The number of carboxylic acid groups (broad SMARTS) is 1. The van der Waals surface area contributed by atoms with Crippen molar-refractivity contribution in [3.63, 3.8) is 0 Å². The number of likely N-dealkylation sites (N-methyl/N-ethyl adjacent to an activating group) is 1. The molecular weight excluding hydrogens is 359 g/mol. The lowest BCUT2D eigenvalue weighted by Gasteiger charge is -2.24. The Bertz CT molecular complexity index is 655. The number of benzene rings is 1. The van der Waals surface area contributed by atoms with Gasteiger partial charge in [0, 0.05) is 25.1 Å². The summed E-state index contributed by atoms with van der Waals surface area (Å²) in [6, 6.07) is 2.42. The molecule has 1 aromatic carbocycles. The molecule has 1 fully saturated rings. The van der Waals surface area contributed by atoms with Gasteiger partial charge in [-0.25, -0.2) is 9.86 Å². The molecule has 7 nitrogen and oxygen atoms in total. The van der Waals surface area contributed by atoms with Crippen LogP contribution in [0.1, 0.15) is 17.9 Å². The minimum Gasteiger partial charge on any atom is -0.496 e. The molecule has 2 atom stereocenters. The normalized spacial score (nSPS) is 20.1. The van der Waals surface area contributed by atoms with E-state index in [1.165, 1.54) is 21.3 Å². The van der Waals surface area contributed by atoms with Crippen LogP contribution in [0.5, 0.6) is 5.75 Å². The maximum atomic E-state index is 12.4. The number of nitrogens with zero attached hydrogens (tertiary/aromatic N) is 2. The first-order valence-electron chi connectivity index (χ1n) is 7.14. The second-order valence-electron chi connectivity index (χ2n) is 5.38. The topological polar surface area (TPSA) is 79.3 Å². The highest BCUT2D eigenvalue weighted by molar-refractivity contribution is 6.42. The van der Waals surface area contributed by atoms with E-state index in [4.69, 9.17) is 32.8 Å². The van der Waals surface area contributed by atoms with Gasteiger partial charge in [-0.3, -0.25) is 14.5 Å². The number of hydrogen-bond acceptors (Lipinski definition) is 4. The highest BCUT2D eigenvalue weighted by Gasteiger charge is 2.43. The smallest absolute Gasteiger partial charge is 0.408 e. The van der Waals surface area contributed by atoms with Crippen molar-refractivity contribution in [2.24, 2.45) is 0 Å². The molecule has 9 heteroatoms. The Kier molecular flexibility index (Phi) is 5.79. The zero-order valence-electron chi connectivity index (χ0n) is 13.5. The summed E-state index contributed by atoms with van der Waals surface area (Å²) in [6.07, 6.45) is -0.924. The molecule has 132 valence electrons. The maximum Gasteiger partial charge on any atom is 0.408 e. The molecule has 24 heavy (non-hydrogen) atoms. The monoisotopic (exact) mass is 376 g/mol. The van der Waals surface area contributed by atoms with Gasteiger partial charge in [-0.1, -0.05) is 23.2 Å². The number of likely N-dealkylation sites (tertiary alicyclic amines) is 1. The van der Waals surface area contributed by atoms with E-state index in [0.717, 1.165) is 9.96 Å². The van der Waals surface area contributed by atoms with Crippen molar-refractivity contribution in [1.82, 2.24) is 9.96 Å². The standard InChI is InChI=1S/C15H18Cl2N2O5/c1-18(24-3)14(20)10-6-8(7-19(10)15(21)22)12-11(23-2)5-4-9(16)13(12)17/h4-5,8,10H,6-7H2,1-3H3,(H,21,22)/t8-,10-/m0/s1. The summed E-state index contributed by atoms with van der Waals surface area (Å²) in [4.78, 5) is 29.9. The molecule has 1 N–H and O–H groups in total. The van der Waals surface area contributed by atoms with Crippen LogP contribution in [-0.4, -0.2) is 60.9 Å². The lowest BCUT2D eigenvalue weighted by Crippen LogP contribution is -2.45. The van der Waals surface area contributed by atoms with Gasteiger partial charge in [-0.2, -0.15) is 0 Å². The van der Waals surface area contributed by atoms with Crippen LogP contribution >= 0.6 is 23.2 Å². The molecule has 0 aromatic heterocycles. The Morgan fingerprint density at radius 1 is 1.33 bits per heavy atom. The fraction of sp³-hybridized carbons (Fsp3) is 0.467. The predicted octanol–water partition coefficient (Wildman–Crippen LogP) is 2.86. The molecule has 0 spiro atoms. The average molecular weight is 377 g/mol. The molecule has 1 heterocycles. The van der Waals surface area contributed by atoms with Crippen molar-refractivity contribution in [2.45, 2.75) is 18.4 Å². The summed E-state index contributed by atoms with van der Waals surface area (Å²) in [5.74, 6) is -0.256. The van der Waals surface area contributed by atoms with Gasteiger partial charge in [0.15, 0.2) is 0 Å². The zero-order chi connectivity index (χ0) is 18.0. The van der Waals surface area contributed by atoms with Crippen LogP contribution in [0.4, 0.5) is 4.79 Å². The van der Waals surface area contributed by atoms with Gasteiger partial charge in [-0.05, 0) is 18.6 Å². The third kappa shape index (κ3) is 3.38. The molecule has 1 aliphatic rings. The number of rotatable bonds is 4. The van der Waals surface area contributed by atoms with Crippen molar-refractivity contribution in [3.8, 4) is 5.75 Å². The molecule has 2 amide bonds. The third-order valence-electron chi connectivity index (χ3n) is 4.14. The van der Waals surface area contributed by atoms with E-state index in [9.17, 15) is 14.7 Å². The number of hydrogen-bond donors (Lipinski definition) is 1. The first kappa shape index (κ1) is 18.6. The van der Waals surface area contributed by atoms with Crippen molar-refractivity contribution in [1.29, 1.82) is 0 Å². The summed E-state index contributed by atoms with van der Waals surface area (Å²) in [5, 5.41) is 11.1. The second kappa shape index (κ2) is 7.46. The molecule has 0 aliphatic carbocycles. The molecule has 0 radical (unpaired) electrons. The van der Waals surface area contributed by atoms with Crippen LogP contribution in [-0.2, 0) is 9.63 Å². The molecule has 2 rings (SSSR count). The maximum absolute atomic E-state index is 12.4. The van der Waals surface area contributed by atoms with Gasteiger partial charge < -0.3 is 9.84 Å². The van der Waals surface area contributed by atoms with Crippen molar-refractivity contribution in [2.75, 3.05) is 27.8 Å². The Morgan fingerprint density at radius 3 is 2.54 bits per heavy atom. The Hall–Kier alpha value is -1.70. The number of hydroxylamine groups is 2. The minimum absolute atomic E-state index is 0.111. The number of halogens is 2. The van der Waals surface area contributed by atoms with E-state index < -0.39 is 18.0 Å². The summed E-state index contributed by atoms with van der Waals surface area (Å²) in [5.41, 5.74) is 0.605. The van der Waals surface area contributed by atoms with Gasteiger partial charge in [0.05, 0.1) is 24.3 Å². The number of carbonyl (C=O) groups is 2. The van der Waals surface area contributed by atoms with E-state index >= 15 is 0 Å². The number of methoxy groups -OCH3 is 1.